The summed E-state index contributed by atoms with van der Waals surface area (Å²) in [7, 11) is 0. The van der Waals surface area contributed by atoms with Gasteiger partial charge >= 0.3 is 0 Å². The van der Waals surface area contributed by atoms with Crippen LogP contribution in [0.5, 0.6) is 0 Å². The Morgan fingerprint density at radius 3 is 0.485 bits per heavy atom. The molecule has 6 aromatic heterocycles. The number of fused-ring (bicyclic) bond motifs is 30. The highest BCUT2D eigenvalue weighted by Crippen LogP contribution is 2.47. The zero-order chi connectivity index (χ0) is 43.6. The van der Waals surface area contributed by atoms with Crippen LogP contribution in [0.2, 0.25) is 0 Å². The highest BCUT2D eigenvalue weighted by atomic mass is 32.1. The Morgan fingerprint density at radius 2 is 0.318 bits per heavy atom. The molecule has 312 valence electrons. The molecule has 6 heteroatoms. The average Bonchev–Trinajstić information content (AvgIpc) is 4.25. The monoisotopic (exact) mass is 897 g/mol. The second-order valence-electron chi connectivity index (χ2n) is 16.6. The normalized spacial score (nSPS) is 11.6. The molecular weight excluding hydrogens is 859 g/mol. The van der Waals surface area contributed by atoms with Crippen LogP contribution >= 0.6 is 34.0 Å². The van der Waals surface area contributed by atoms with Crippen molar-refractivity contribution >= 4 is 34.0 Å². The number of benzene rings is 6. The van der Waals surface area contributed by atoms with E-state index in [0.717, 1.165) is 34.2 Å². The van der Waals surface area contributed by atoms with Gasteiger partial charge in [0.2, 0.25) is 0 Å². The van der Waals surface area contributed by atoms with Gasteiger partial charge < -0.3 is 15.0 Å². The van der Waals surface area contributed by atoms with Crippen LogP contribution in [0.15, 0.2) is 218 Å². The lowest BCUT2D eigenvalue weighted by molar-refractivity contribution is 1.39. The molecule has 0 unspecified atom stereocenters. The van der Waals surface area contributed by atoms with Crippen LogP contribution in [0.1, 0.15) is 0 Å². The van der Waals surface area contributed by atoms with Gasteiger partial charge in [-0.05, 0) is 72.8 Å². The van der Waals surface area contributed by atoms with Crippen molar-refractivity contribution in [2.45, 2.75) is 0 Å². The molecule has 13 rings (SSSR count). The van der Waals surface area contributed by atoms with Crippen LogP contribution in [0.4, 0.5) is 0 Å². The minimum absolute atomic E-state index is 1.09. The van der Waals surface area contributed by atoms with Crippen LogP contribution in [0.25, 0.3) is 130 Å². The maximum atomic E-state index is 3.85. The Kier molecular flexibility index (Phi) is 9.41. The summed E-state index contributed by atoms with van der Waals surface area (Å²) in [4.78, 5) is 18.9. The van der Waals surface area contributed by atoms with Gasteiger partial charge in [0.15, 0.2) is 0 Å². The van der Waals surface area contributed by atoms with Crippen molar-refractivity contribution in [3.05, 3.63) is 218 Å². The van der Waals surface area contributed by atoms with E-state index in [1.165, 1.54) is 96.0 Å². The lowest BCUT2D eigenvalue weighted by Crippen LogP contribution is -1.86. The number of aromatic nitrogens is 3. The number of thiophene rings is 3. The maximum absolute atomic E-state index is 3.85. The third-order valence-corrected chi connectivity index (χ3v) is 16.2. The second kappa shape index (κ2) is 16.1. The molecule has 1 aliphatic heterocycles. The fourth-order valence-electron chi connectivity index (χ4n) is 9.61. The largest absolute Gasteiger partial charge is 0.355 e. The lowest BCUT2D eigenvalue weighted by Gasteiger charge is -2.10. The van der Waals surface area contributed by atoms with Crippen molar-refractivity contribution in [1.29, 1.82) is 0 Å². The molecule has 0 atom stereocenters. The van der Waals surface area contributed by atoms with Crippen molar-refractivity contribution < 1.29 is 0 Å². The van der Waals surface area contributed by atoms with Crippen molar-refractivity contribution in [2.75, 3.05) is 0 Å². The summed E-state index contributed by atoms with van der Waals surface area (Å²) in [6, 6.07) is 79.6. The molecule has 0 amide bonds. The maximum Gasteiger partial charge on any atom is 0.0465 e. The SMILES string of the molecule is c1ccc2c(c1)-c1ccc([nH]1)-c1ccccc1-c1ccc(s1)-c1ccccc1-c1ccc([nH]1)-c1ccccc1-c1ccc(s1)-c1ccccc1-c1ccc([nH]1)-c1ccccc1-c1ccc-2s1. The first-order chi connectivity index (χ1) is 32.7. The van der Waals surface area contributed by atoms with E-state index in [1.807, 2.05) is 34.0 Å². The summed E-state index contributed by atoms with van der Waals surface area (Å²) >= 11 is 5.52. The number of H-pyrrole nitrogens is 3. The molecule has 66 heavy (non-hydrogen) atoms. The third kappa shape index (κ3) is 6.69. The smallest absolute Gasteiger partial charge is 0.0465 e. The topological polar surface area (TPSA) is 47.4 Å². The van der Waals surface area contributed by atoms with Gasteiger partial charge in [0.1, 0.15) is 0 Å². The fourth-order valence-corrected chi connectivity index (χ4v) is 12.9. The first-order valence-corrected chi connectivity index (χ1v) is 24.6. The van der Waals surface area contributed by atoms with E-state index in [2.05, 4.69) is 233 Å². The standard InChI is InChI=1S/C60H39N3S3/c1-7-19-43-37(13-1)49-25-26-50(61-49)38-14-2-8-20-44(38)57-33-34-58(65-57)46-22-10-4-16-40(46)53-29-30-54(63-53)42-18-6-12-24-48(42)60-36-35-59(66-60)47-23-11-5-17-41(47)52-28-27-51(62-52)39-15-3-9-21-45(39)56-32-31-55(43)64-56/h1-36,61-63H. The summed E-state index contributed by atoms with van der Waals surface area (Å²) < 4.78 is 0. The van der Waals surface area contributed by atoms with Crippen LogP contribution in [0.3, 0.4) is 0 Å². The molecular formula is C60H39N3S3. The Bertz CT molecular complexity index is 2890. The Morgan fingerprint density at radius 1 is 0.167 bits per heavy atom. The van der Waals surface area contributed by atoms with E-state index in [9.17, 15) is 0 Å². The molecule has 0 saturated carbocycles. The Balaban J connectivity index is 0.978. The van der Waals surface area contributed by atoms with E-state index in [4.69, 9.17) is 0 Å². The first kappa shape index (κ1) is 38.7. The second-order valence-corrected chi connectivity index (χ2v) is 19.9. The summed E-state index contributed by atoms with van der Waals surface area (Å²) in [5, 5.41) is 0. The average molecular weight is 898 g/mol. The number of hydrogen-bond donors (Lipinski definition) is 3. The molecule has 12 aromatic rings. The van der Waals surface area contributed by atoms with E-state index in [-0.39, 0.29) is 0 Å². The van der Waals surface area contributed by atoms with Gasteiger partial charge in [-0.15, -0.1) is 34.0 Å². The van der Waals surface area contributed by atoms with Crippen LogP contribution in [-0.2, 0) is 0 Å². The van der Waals surface area contributed by atoms with Gasteiger partial charge in [0.25, 0.3) is 0 Å². The van der Waals surface area contributed by atoms with Gasteiger partial charge in [-0.3, -0.25) is 0 Å². The van der Waals surface area contributed by atoms with Crippen LogP contribution in [0, 0.1) is 0 Å². The minimum atomic E-state index is 1.09. The molecule has 0 spiro atoms. The minimum Gasteiger partial charge on any atom is -0.355 e. The van der Waals surface area contributed by atoms with Crippen molar-refractivity contribution in [2.24, 2.45) is 0 Å². The first-order valence-electron chi connectivity index (χ1n) is 22.2. The van der Waals surface area contributed by atoms with Crippen molar-refractivity contribution in [3.63, 3.8) is 0 Å². The molecule has 7 heterocycles. The molecule has 1 aliphatic rings. The van der Waals surface area contributed by atoms with E-state index in [1.54, 1.807) is 0 Å². The van der Waals surface area contributed by atoms with Gasteiger partial charge in [-0.25, -0.2) is 0 Å². The number of aromatic amines is 3. The summed E-state index contributed by atoms with van der Waals surface area (Å²) in [6.07, 6.45) is 0. The molecule has 6 aromatic carbocycles. The highest BCUT2D eigenvalue weighted by Gasteiger charge is 2.20. The summed E-state index contributed by atoms with van der Waals surface area (Å²) in [5.74, 6) is 0. The number of hydrogen-bond acceptors (Lipinski definition) is 3. The van der Waals surface area contributed by atoms with Gasteiger partial charge in [-0.2, -0.15) is 0 Å². The Labute approximate surface area is 395 Å². The Hall–Kier alpha value is -7.74. The number of rotatable bonds is 0. The molecule has 3 N–H and O–H groups in total. The van der Waals surface area contributed by atoms with E-state index in [0.29, 0.717) is 0 Å². The molecule has 3 nitrogen and oxygen atoms in total. The van der Waals surface area contributed by atoms with Gasteiger partial charge in [0.05, 0.1) is 0 Å². The number of nitrogens with one attached hydrogen (secondary N) is 3. The fraction of sp³-hybridized carbons (Fsp3) is 0. The molecule has 0 radical (unpaired) electrons. The predicted octanol–water partition coefficient (Wildman–Crippen LogP) is 18.2. The zero-order valence-electron chi connectivity index (χ0n) is 35.5. The van der Waals surface area contributed by atoms with Gasteiger partial charge in [-0.1, -0.05) is 146 Å². The van der Waals surface area contributed by atoms with Crippen molar-refractivity contribution in [1.82, 2.24) is 15.0 Å². The molecule has 0 saturated heterocycles. The van der Waals surface area contributed by atoms with Crippen LogP contribution in [-0.4, -0.2) is 15.0 Å². The predicted molar refractivity (Wildman–Crippen MR) is 282 cm³/mol. The van der Waals surface area contributed by atoms with Crippen LogP contribution < -0.4 is 0 Å². The van der Waals surface area contributed by atoms with E-state index >= 15 is 0 Å². The zero-order valence-corrected chi connectivity index (χ0v) is 38.0. The molecule has 12 bridgehead atoms. The van der Waals surface area contributed by atoms with Gasteiger partial charge in [0, 0.05) is 130 Å². The third-order valence-electron chi connectivity index (χ3n) is 12.8. The highest BCUT2D eigenvalue weighted by molar-refractivity contribution is 7.19. The quantitative estimate of drug-likeness (QED) is 0.136. The summed E-state index contributed by atoms with van der Waals surface area (Å²) in [6.45, 7) is 0. The molecule has 0 fully saturated rings. The lowest BCUT2D eigenvalue weighted by atomic mass is 10.0. The van der Waals surface area contributed by atoms with E-state index < -0.39 is 0 Å². The van der Waals surface area contributed by atoms with Crippen molar-refractivity contribution in [3.8, 4) is 130 Å². The molecule has 0 aliphatic carbocycles. The summed E-state index contributed by atoms with van der Waals surface area (Å²) in [5.41, 5.74) is 20.9.